The number of nitrogens with zero attached hydrogens (tertiary/aromatic N) is 7. The molecule has 0 radical (unpaired) electrons. The van der Waals surface area contributed by atoms with Gasteiger partial charge in [-0.1, -0.05) is 13.8 Å². The Balaban J connectivity index is 0.729. The number of benzene rings is 2. The molecule has 1 saturated carbocycles. The van der Waals surface area contributed by atoms with E-state index in [1.807, 2.05) is 30.3 Å². The van der Waals surface area contributed by atoms with Crippen molar-refractivity contribution in [1.29, 1.82) is 5.26 Å². The van der Waals surface area contributed by atoms with Gasteiger partial charge in [0.25, 0.3) is 17.7 Å². The molecule has 2 N–H and O–H groups in total. The minimum Gasteiger partial charge on any atom is -0.488 e. The molecule has 3 unspecified atom stereocenters. The van der Waals surface area contributed by atoms with Crippen LogP contribution in [0.4, 0.5) is 11.5 Å². The second kappa shape index (κ2) is 14.6. The van der Waals surface area contributed by atoms with Crippen molar-refractivity contribution in [3.8, 4) is 11.8 Å². The van der Waals surface area contributed by atoms with Gasteiger partial charge in [0.2, 0.25) is 11.8 Å². The molecule has 5 aliphatic heterocycles. The molecule has 62 heavy (non-hydrogen) atoms. The number of nitrogens with one attached hydrogen (secondary N) is 2. The second-order valence-corrected chi connectivity index (χ2v) is 18.6. The van der Waals surface area contributed by atoms with Crippen LogP contribution in [-0.2, 0) is 15.0 Å². The molecule has 15 nitrogen and oxygen atoms in total. The maximum atomic E-state index is 13.8. The van der Waals surface area contributed by atoms with E-state index in [1.165, 1.54) is 0 Å². The van der Waals surface area contributed by atoms with Crippen LogP contribution < -0.4 is 25.2 Å². The molecule has 2 aromatic carbocycles. The number of piperidine rings is 2. The van der Waals surface area contributed by atoms with Crippen molar-refractivity contribution in [2.45, 2.75) is 83.0 Å². The normalized spacial score (nSPS) is 26.9. The van der Waals surface area contributed by atoms with Gasteiger partial charge in [-0.05, 0) is 93.1 Å². The molecule has 3 saturated heterocycles. The SMILES string of the molecule is C[C@@H]1CN(c2ccc3c(c2)C(=O)N(C2CCC(=O)NC2=O)C3=O)CCN1CC1CCN(c2ccc(C(=O)NC3C(C)(C)[C@@H]4Oc5ccc(C#N)c6nccc(c56)C34C)cn2)CC1. The molecule has 0 bridgehead atoms. The maximum Gasteiger partial charge on any atom is 0.262 e. The summed E-state index contributed by atoms with van der Waals surface area (Å²) in [5, 5.41) is 16.2. The highest BCUT2D eigenvalue weighted by atomic mass is 16.5. The van der Waals surface area contributed by atoms with Crippen LogP contribution in [0.1, 0.15) is 95.6 Å². The first kappa shape index (κ1) is 39.7. The number of nitriles is 1. The summed E-state index contributed by atoms with van der Waals surface area (Å²) in [4.78, 5) is 82.0. The van der Waals surface area contributed by atoms with E-state index in [4.69, 9.17) is 9.72 Å². The van der Waals surface area contributed by atoms with Crippen molar-refractivity contribution in [3.63, 3.8) is 0 Å². The lowest BCUT2D eigenvalue weighted by atomic mass is 9.45. The van der Waals surface area contributed by atoms with Crippen LogP contribution in [0.5, 0.6) is 5.75 Å². The minimum atomic E-state index is -0.984. The first-order valence-electron chi connectivity index (χ1n) is 21.6. The molecule has 10 rings (SSSR count). The molecule has 15 heteroatoms. The molecule has 6 aliphatic rings. The van der Waals surface area contributed by atoms with Crippen molar-refractivity contribution < 1.29 is 28.7 Å². The van der Waals surface area contributed by atoms with Crippen LogP contribution in [0, 0.1) is 22.7 Å². The number of imide groups is 2. The molecule has 4 fully saturated rings. The summed E-state index contributed by atoms with van der Waals surface area (Å²) in [6, 6.07) is 16.0. The average Bonchev–Trinajstić information content (AvgIpc) is 3.52. The van der Waals surface area contributed by atoms with E-state index in [0.29, 0.717) is 28.1 Å². The lowest BCUT2D eigenvalue weighted by Crippen LogP contribution is -2.78. The monoisotopic (exact) mass is 835 g/mol. The predicted octanol–water partition coefficient (Wildman–Crippen LogP) is 4.19. The number of carbonyl (C=O) groups is 5. The van der Waals surface area contributed by atoms with Gasteiger partial charge in [0, 0.05) is 80.6 Å². The Morgan fingerprint density at radius 2 is 1.73 bits per heavy atom. The predicted molar refractivity (Wildman–Crippen MR) is 229 cm³/mol. The molecule has 7 heterocycles. The molecular formula is C47H49N9O6. The van der Waals surface area contributed by atoms with Crippen LogP contribution in [0.25, 0.3) is 10.9 Å². The Kier molecular flexibility index (Phi) is 9.36. The fraction of sp³-hybridized carbons (Fsp3) is 0.447. The summed E-state index contributed by atoms with van der Waals surface area (Å²) in [6.07, 6.45) is 5.50. The number of pyridine rings is 2. The number of fused-ring (bicyclic) bond motifs is 3. The van der Waals surface area contributed by atoms with Crippen molar-refractivity contribution in [3.05, 3.63) is 88.7 Å². The number of rotatable bonds is 7. The highest BCUT2D eigenvalue weighted by molar-refractivity contribution is 6.23. The summed E-state index contributed by atoms with van der Waals surface area (Å²) in [5.41, 5.74) is 3.20. The summed E-state index contributed by atoms with van der Waals surface area (Å²) < 4.78 is 6.58. The second-order valence-electron chi connectivity index (χ2n) is 18.6. The van der Waals surface area contributed by atoms with Crippen LogP contribution in [0.3, 0.4) is 0 Å². The van der Waals surface area contributed by atoms with E-state index < -0.39 is 35.1 Å². The first-order chi connectivity index (χ1) is 29.8. The Hall–Kier alpha value is -6.40. The first-order valence-corrected chi connectivity index (χ1v) is 21.6. The molecule has 2 aromatic heterocycles. The zero-order valence-corrected chi connectivity index (χ0v) is 35.3. The van der Waals surface area contributed by atoms with E-state index >= 15 is 0 Å². The van der Waals surface area contributed by atoms with Gasteiger partial charge >= 0.3 is 0 Å². The van der Waals surface area contributed by atoms with Gasteiger partial charge in [-0.3, -0.25) is 44.1 Å². The Morgan fingerprint density at radius 3 is 2.45 bits per heavy atom. The van der Waals surface area contributed by atoms with Crippen LogP contribution in [0.15, 0.2) is 60.9 Å². The Bertz CT molecular complexity index is 2620. The van der Waals surface area contributed by atoms with Crippen molar-refractivity contribution >= 4 is 51.9 Å². The van der Waals surface area contributed by atoms with E-state index in [1.54, 1.807) is 30.6 Å². The van der Waals surface area contributed by atoms with Gasteiger partial charge in [-0.25, -0.2) is 4.98 Å². The standard InChI is InChI=1S/C47H49N9O6/c1-26-24-55(30-7-8-31-32(21-30)43(61)56(42(31)60)34-9-12-37(57)51-41(34)59)20-19-54(26)25-27-14-17-53(18-15-27)36-11-6-29(23-50-36)40(58)52-44-46(2,3)45-47(44,4)33-13-16-49-39-28(22-48)5-10-35(62-45)38(33)39/h5-8,10-11,13,16,21,23,26-27,34,44-45H,9,12,14-15,17-20,24-25H2,1-4H3,(H,52,58)(H,51,57,59)/t26-,34?,44?,45+,47?/m1/s1. The molecule has 0 spiro atoms. The highest BCUT2D eigenvalue weighted by Crippen LogP contribution is 2.61. The van der Waals surface area contributed by atoms with Crippen LogP contribution in [-0.4, -0.2) is 113 Å². The maximum absolute atomic E-state index is 13.8. The zero-order chi connectivity index (χ0) is 43.2. The zero-order valence-electron chi connectivity index (χ0n) is 35.3. The number of hydrogen-bond acceptors (Lipinski definition) is 12. The van der Waals surface area contributed by atoms with E-state index in [0.717, 1.165) is 85.2 Å². The minimum absolute atomic E-state index is 0.0850. The fourth-order valence-corrected chi connectivity index (χ4v) is 11.4. The molecule has 318 valence electrons. The van der Waals surface area contributed by atoms with Crippen molar-refractivity contribution in [2.24, 2.45) is 11.3 Å². The van der Waals surface area contributed by atoms with Gasteiger partial charge < -0.3 is 19.9 Å². The van der Waals surface area contributed by atoms with E-state index in [9.17, 15) is 29.2 Å². The van der Waals surface area contributed by atoms with Crippen molar-refractivity contribution in [1.82, 2.24) is 30.4 Å². The number of aromatic nitrogens is 2. The molecular weight excluding hydrogens is 787 g/mol. The van der Waals surface area contributed by atoms with E-state index in [2.05, 4.69) is 64.1 Å². The van der Waals surface area contributed by atoms with Gasteiger partial charge in [-0.15, -0.1) is 0 Å². The molecule has 5 amide bonds. The van der Waals surface area contributed by atoms with Gasteiger partial charge in [0.1, 0.15) is 29.8 Å². The summed E-state index contributed by atoms with van der Waals surface area (Å²) in [7, 11) is 0. The third kappa shape index (κ3) is 6.13. The smallest absolute Gasteiger partial charge is 0.262 e. The fourth-order valence-electron chi connectivity index (χ4n) is 11.4. The van der Waals surface area contributed by atoms with Crippen molar-refractivity contribution in [2.75, 3.05) is 49.1 Å². The largest absolute Gasteiger partial charge is 0.488 e. The van der Waals surface area contributed by atoms with Crippen LogP contribution >= 0.6 is 0 Å². The molecule has 5 atom stereocenters. The Morgan fingerprint density at radius 1 is 0.935 bits per heavy atom. The highest BCUT2D eigenvalue weighted by Gasteiger charge is 2.69. The number of hydrogen-bond donors (Lipinski definition) is 2. The lowest BCUT2D eigenvalue weighted by Gasteiger charge is -2.66. The molecule has 4 aromatic rings. The number of anilines is 2. The third-order valence-electron chi connectivity index (χ3n) is 14.6. The quantitative estimate of drug-likeness (QED) is 0.254. The molecule has 1 aliphatic carbocycles. The average molecular weight is 836 g/mol. The van der Waals surface area contributed by atoms with Gasteiger partial charge in [0.15, 0.2) is 0 Å². The Labute approximate surface area is 359 Å². The lowest BCUT2D eigenvalue weighted by molar-refractivity contribution is -0.136. The number of ether oxygens (including phenoxy) is 1. The summed E-state index contributed by atoms with van der Waals surface area (Å²) in [6.45, 7) is 13.8. The third-order valence-corrected chi connectivity index (χ3v) is 14.6. The summed E-state index contributed by atoms with van der Waals surface area (Å²) in [5.74, 6) is -0.0723. The van der Waals surface area contributed by atoms with Gasteiger partial charge in [-0.2, -0.15) is 5.26 Å². The number of piperazine rings is 1. The topological polar surface area (TPSA) is 181 Å². The van der Waals surface area contributed by atoms with E-state index in [-0.39, 0.29) is 47.9 Å². The van der Waals surface area contributed by atoms with Crippen LogP contribution in [0.2, 0.25) is 0 Å². The van der Waals surface area contributed by atoms with Gasteiger partial charge in [0.05, 0.1) is 39.2 Å². The number of carbonyl (C=O) groups excluding carboxylic acids is 5. The summed E-state index contributed by atoms with van der Waals surface area (Å²) >= 11 is 0. The number of amides is 5.